The van der Waals surface area contributed by atoms with Gasteiger partial charge in [-0.05, 0) is 43.2 Å². The minimum absolute atomic E-state index is 0.0618. The first-order valence-electron chi connectivity index (χ1n) is 6.74. The summed E-state index contributed by atoms with van der Waals surface area (Å²) >= 11 is 6.01. The summed E-state index contributed by atoms with van der Waals surface area (Å²) < 4.78 is 0. The number of hydrogen-bond acceptors (Lipinski definition) is 2. The number of carbonyl (C=O) groups is 1. The Balaban J connectivity index is 2.32. The van der Waals surface area contributed by atoms with Gasteiger partial charge in [-0.25, -0.2) is 0 Å². The molecule has 2 rings (SSSR count). The molecule has 0 radical (unpaired) electrons. The van der Waals surface area contributed by atoms with Gasteiger partial charge in [-0.1, -0.05) is 41.4 Å². The fourth-order valence-electron chi connectivity index (χ4n) is 2.25. The van der Waals surface area contributed by atoms with Crippen LogP contribution in [0.15, 0.2) is 42.5 Å². The zero-order chi connectivity index (χ0) is 15.4. The van der Waals surface area contributed by atoms with Crippen LogP contribution in [0.3, 0.4) is 0 Å². The molecular formula is C17H18ClNO2. The third-order valence-corrected chi connectivity index (χ3v) is 3.60. The van der Waals surface area contributed by atoms with Crippen LogP contribution in [0.2, 0.25) is 5.02 Å². The monoisotopic (exact) mass is 303 g/mol. The summed E-state index contributed by atoms with van der Waals surface area (Å²) in [6.45, 7) is 4.55. The second kappa shape index (κ2) is 6.64. The van der Waals surface area contributed by atoms with Crippen LogP contribution >= 0.6 is 11.6 Å². The summed E-state index contributed by atoms with van der Waals surface area (Å²) in [7, 11) is 0. The Morgan fingerprint density at radius 1 is 1.19 bits per heavy atom. The summed E-state index contributed by atoms with van der Waals surface area (Å²) in [5, 5.41) is 9.74. The van der Waals surface area contributed by atoms with Crippen LogP contribution in [0, 0.1) is 13.8 Å². The van der Waals surface area contributed by atoms with Crippen molar-refractivity contribution in [1.29, 1.82) is 0 Å². The van der Waals surface area contributed by atoms with Crippen molar-refractivity contribution in [2.24, 2.45) is 0 Å². The number of anilines is 1. The number of aryl methyl sites for hydroxylation is 2. The van der Waals surface area contributed by atoms with Crippen molar-refractivity contribution in [3.8, 4) is 0 Å². The molecule has 2 aromatic carbocycles. The first kappa shape index (κ1) is 15.4. The smallest absolute Gasteiger partial charge is 0.323 e. The van der Waals surface area contributed by atoms with Gasteiger partial charge in [0.15, 0.2) is 0 Å². The lowest BCUT2D eigenvalue weighted by atomic mass is 10.0. The fraction of sp³-hybridized carbons (Fsp3) is 0.235. The second-order valence-corrected chi connectivity index (χ2v) is 5.60. The van der Waals surface area contributed by atoms with Crippen LogP contribution in [-0.2, 0) is 11.3 Å². The maximum atomic E-state index is 11.1. The molecule has 0 aliphatic carbocycles. The van der Waals surface area contributed by atoms with Crippen molar-refractivity contribution in [2.75, 3.05) is 11.4 Å². The summed E-state index contributed by atoms with van der Waals surface area (Å²) in [4.78, 5) is 13.0. The van der Waals surface area contributed by atoms with E-state index in [2.05, 4.69) is 18.2 Å². The number of rotatable bonds is 5. The van der Waals surface area contributed by atoms with Crippen LogP contribution in [0.5, 0.6) is 0 Å². The number of carboxylic acid groups (broad SMARTS) is 1. The lowest BCUT2D eigenvalue weighted by Gasteiger charge is -2.24. The van der Waals surface area contributed by atoms with Gasteiger partial charge in [0, 0.05) is 17.3 Å². The summed E-state index contributed by atoms with van der Waals surface area (Å²) in [6.07, 6.45) is 0. The average molecular weight is 304 g/mol. The lowest BCUT2D eigenvalue weighted by molar-refractivity contribution is -0.135. The van der Waals surface area contributed by atoms with Crippen molar-refractivity contribution >= 4 is 23.3 Å². The molecule has 0 heterocycles. The summed E-state index contributed by atoms with van der Waals surface area (Å²) in [5.41, 5.74) is 4.25. The van der Waals surface area contributed by atoms with Gasteiger partial charge in [0.05, 0.1) is 0 Å². The van der Waals surface area contributed by atoms with Crippen molar-refractivity contribution in [2.45, 2.75) is 20.4 Å². The van der Waals surface area contributed by atoms with E-state index in [1.165, 1.54) is 0 Å². The highest BCUT2D eigenvalue weighted by Gasteiger charge is 2.13. The zero-order valence-electron chi connectivity index (χ0n) is 12.1. The molecule has 0 atom stereocenters. The zero-order valence-corrected chi connectivity index (χ0v) is 12.9. The van der Waals surface area contributed by atoms with Gasteiger partial charge in [0.2, 0.25) is 0 Å². The third kappa shape index (κ3) is 4.23. The SMILES string of the molecule is Cc1ccc(C)c(CN(CC(=O)O)c2cccc(Cl)c2)c1. The van der Waals surface area contributed by atoms with E-state index < -0.39 is 5.97 Å². The molecule has 0 aromatic heterocycles. The topological polar surface area (TPSA) is 40.5 Å². The maximum Gasteiger partial charge on any atom is 0.323 e. The van der Waals surface area contributed by atoms with E-state index in [0.717, 1.165) is 22.4 Å². The van der Waals surface area contributed by atoms with Gasteiger partial charge in [-0.15, -0.1) is 0 Å². The van der Waals surface area contributed by atoms with Gasteiger partial charge < -0.3 is 10.0 Å². The molecule has 2 aromatic rings. The molecule has 0 bridgehead atoms. The van der Waals surface area contributed by atoms with Crippen molar-refractivity contribution in [3.05, 3.63) is 64.2 Å². The normalized spacial score (nSPS) is 10.4. The molecule has 110 valence electrons. The van der Waals surface area contributed by atoms with Crippen LogP contribution in [0.25, 0.3) is 0 Å². The van der Waals surface area contributed by atoms with Gasteiger partial charge in [0.1, 0.15) is 6.54 Å². The van der Waals surface area contributed by atoms with E-state index in [-0.39, 0.29) is 6.54 Å². The van der Waals surface area contributed by atoms with E-state index in [9.17, 15) is 4.79 Å². The maximum absolute atomic E-state index is 11.1. The Hall–Kier alpha value is -2.00. The van der Waals surface area contributed by atoms with Crippen LogP contribution < -0.4 is 4.90 Å². The molecule has 0 saturated carbocycles. The largest absolute Gasteiger partial charge is 0.480 e. The number of nitrogens with zero attached hydrogens (tertiary/aromatic N) is 1. The molecule has 0 aliphatic heterocycles. The predicted molar refractivity (Wildman–Crippen MR) is 86.1 cm³/mol. The van der Waals surface area contributed by atoms with Crippen molar-refractivity contribution in [1.82, 2.24) is 0 Å². The molecule has 0 saturated heterocycles. The molecule has 0 spiro atoms. The van der Waals surface area contributed by atoms with Crippen molar-refractivity contribution in [3.63, 3.8) is 0 Å². The Morgan fingerprint density at radius 3 is 2.62 bits per heavy atom. The van der Waals surface area contributed by atoms with Gasteiger partial charge in [-0.2, -0.15) is 0 Å². The number of aliphatic carboxylic acids is 1. The van der Waals surface area contributed by atoms with Crippen LogP contribution in [-0.4, -0.2) is 17.6 Å². The van der Waals surface area contributed by atoms with E-state index in [0.29, 0.717) is 11.6 Å². The molecule has 0 unspecified atom stereocenters. The Kier molecular flexibility index (Phi) is 4.86. The molecule has 3 nitrogen and oxygen atoms in total. The van der Waals surface area contributed by atoms with Crippen molar-refractivity contribution < 1.29 is 9.90 Å². The number of hydrogen-bond donors (Lipinski definition) is 1. The minimum Gasteiger partial charge on any atom is -0.480 e. The van der Waals surface area contributed by atoms with E-state index in [4.69, 9.17) is 16.7 Å². The highest BCUT2D eigenvalue weighted by atomic mass is 35.5. The molecule has 0 aliphatic rings. The first-order valence-corrected chi connectivity index (χ1v) is 7.12. The van der Waals surface area contributed by atoms with E-state index in [1.54, 1.807) is 12.1 Å². The highest BCUT2D eigenvalue weighted by Crippen LogP contribution is 2.22. The summed E-state index contributed by atoms with van der Waals surface area (Å²) in [5.74, 6) is -0.861. The average Bonchev–Trinajstić information content (AvgIpc) is 2.41. The molecular weight excluding hydrogens is 286 g/mol. The second-order valence-electron chi connectivity index (χ2n) is 5.16. The molecule has 4 heteroatoms. The van der Waals surface area contributed by atoms with Gasteiger partial charge in [-0.3, -0.25) is 4.79 Å². The Morgan fingerprint density at radius 2 is 1.95 bits per heavy atom. The van der Waals surface area contributed by atoms with Crippen LogP contribution in [0.4, 0.5) is 5.69 Å². The molecule has 21 heavy (non-hydrogen) atoms. The molecule has 0 amide bonds. The van der Waals surface area contributed by atoms with Crippen LogP contribution in [0.1, 0.15) is 16.7 Å². The van der Waals surface area contributed by atoms with E-state index >= 15 is 0 Å². The fourth-order valence-corrected chi connectivity index (χ4v) is 2.44. The number of carboxylic acids is 1. The molecule has 0 fully saturated rings. The van der Waals surface area contributed by atoms with Gasteiger partial charge in [0.25, 0.3) is 0 Å². The molecule has 1 N–H and O–H groups in total. The predicted octanol–water partition coefficient (Wildman–Crippen LogP) is 4.05. The quantitative estimate of drug-likeness (QED) is 0.906. The minimum atomic E-state index is -0.861. The lowest BCUT2D eigenvalue weighted by Crippen LogP contribution is -2.29. The van der Waals surface area contributed by atoms with E-state index in [1.807, 2.05) is 30.9 Å². The number of halogens is 1. The first-order chi connectivity index (χ1) is 9.95. The number of benzene rings is 2. The summed E-state index contributed by atoms with van der Waals surface area (Å²) in [6, 6.07) is 13.5. The van der Waals surface area contributed by atoms with Gasteiger partial charge >= 0.3 is 5.97 Å². The Labute approximate surface area is 129 Å². The standard InChI is InChI=1S/C17H18ClNO2/c1-12-6-7-13(2)14(8-12)10-19(11-17(20)21)16-5-3-4-15(18)9-16/h3-9H,10-11H2,1-2H3,(H,20,21). The highest BCUT2D eigenvalue weighted by molar-refractivity contribution is 6.30. The Bertz CT molecular complexity index is 655. The third-order valence-electron chi connectivity index (χ3n) is 3.37.